The van der Waals surface area contributed by atoms with Crippen LogP contribution >= 0.6 is 0 Å². The first kappa shape index (κ1) is 20.7. The molecule has 1 atom stereocenters. The number of likely N-dealkylation sites (tertiary alicyclic amines) is 1. The molecular weight excluding hydrogens is 372 g/mol. The molecule has 0 spiro atoms. The smallest absolute Gasteiger partial charge is 0.249 e. The number of hydrogen-bond acceptors (Lipinski definition) is 4. The van der Waals surface area contributed by atoms with E-state index in [-0.39, 0.29) is 11.9 Å². The average molecular weight is 407 g/mol. The lowest BCUT2D eigenvalue weighted by Crippen LogP contribution is -2.46. The zero-order valence-corrected chi connectivity index (χ0v) is 18.1. The summed E-state index contributed by atoms with van der Waals surface area (Å²) in [6.45, 7) is 9.47. The van der Waals surface area contributed by atoms with E-state index >= 15 is 0 Å². The number of piperazine rings is 1. The Morgan fingerprint density at radius 2 is 1.53 bits per heavy atom. The molecule has 2 aliphatic heterocycles. The van der Waals surface area contributed by atoms with Crippen LogP contribution in [0.15, 0.2) is 54.6 Å². The van der Waals surface area contributed by atoms with Gasteiger partial charge < -0.3 is 20.0 Å². The van der Waals surface area contributed by atoms with Crippen molar-refractivity contribution in [2.24, 2.45) is 0 Å². The second kappa shape index (κ2) is 9.98. The number of benzene rings is 2. The second-order valence-electron chi connectivity index (χ2n) is 8.34. The van der Waals surface area contributed by atoms with E-state index in [4.69, 9.17) is 0 Å². The first-order valence-corrected chi connectivity index (χ1v) is 11.4. The molecule has 2 heterocycles. The number of carbonyl (C=O) groups excluding carboxylic acids is 1. The van der Waals surface area contributed by atoms with Crippen molar-refractivity contribution in [1.82, 2.24) is 9.80 Å². The molecule has 0 bridgehead atoms. The zero-order chi connectivity index (χ0) is 20.8. The number of nitrogens with one attached hydrogen (secondary N) is 1. The van der Waals surface area contributed by atoms with Crippen molar-refractivity contribution in [3.05, 3.63) is 60.2 Å². The van der Waals surface area contributed by atoms with Crippen LogP contribution in [0.4, 0.5) is 11.4 Å². The van der Waals surface area contributed by atoms with Crippen LogP contribution in [0.3, 0.4) is 0 Å². The molecule has 1 N–H and O–H groups in total. The number of carbonyl (C=O) groups is 1. The summed E-state index contributed by atoms with van der Waals surface area (Å²) in [5.74, 6) is 0.181. The summed E-state index contributed by atoms with van der Waals surface area (Å²) in [5, 5.41) is 3.52. The molecule has 1 amide bonds. The highest BCUT2D eigenvalue weighted by Gasteiger charge is 2.27. The topological polar surface area (TPSA) is 38.8 Å². The summed E-state index contributed by atoms with van der Waals surface area (Å²) in [6, 6.07) is 18.3. The third-order valence-electron chi connectivity index (χ3n) is 6.41. The highest BCUT2D eigenvalue weighted by molar-refractivity contribution is 5.86. The van der Waals surface area contributed by atoms with Gasteiger partial charge in [0.2, 0.25) is 5.91 Å². The predicted molar refractivity (Wildman–Crippen MR) is 124 cm³/mol. The first-order chi connectivity index (χ1) is 14.7. The molecule has 0 radical (unpaired) electrons. The molecule has 5 nitrogen and oxygen atoms in total. The number of amides is 1. The largest absolute Gasteiger partial charge is 0.370 e. The second-order valence-corrected chi connectivity index (χ2v) is 8.34. The number of piperidine rings is 1. The van der Waals surface area contributed by atoms with Crippen molar-refractivity contribution >= 4 is 17.3 Å². The van der Waals surface area contributed by atoms with Gasteiger partial charge in [-0.15, -0.1) is 0 Å². The van der Waals surface area contributed by atoms with E-state index in [2.05, 4.69) is 46.3 Å². The number of rotatable bonds is 6. The van der Waals surface area contributed by atoms with E-state index in [1.54, 1.807) is 0 Å². The van der Waals surface area contributed by atoms with Crippen LogP contribution in [0.25, 0.3) is 0 Å². The summed E-state index contributed by atoms with van der Waals surface area (Å²) in [4.78, 5) is 20.3. The van der Waals surface area contributed by atoms with Crippen LogP contribution in [0.5, 0.6) is 0 Å². The van der Waals surface area contributed by atoms with Gasteiger partial charge in [-0.1, -0.05) is 37.3 Å². The molecular formula is C25H34N4O. The molecule has 0 aliphatic carbocycles. The quantitative estimate of drug-likeness (QED) is 0.787. The zero-order valence-electron chi connectivity index (χ0n) is 18.1. The molecule has 0 unspecified atom stereocenters. The molecule has 30 heavy (non-hydrogen) atoms. The fourth-order valence-corrected chi connectivity index (χ4v) is 4.49. The Kier molecular flexibility index (Phi) is 6.90. The minimum absolute atomic E-state index is 0.181. The molecule has 2 aromatic carbocycles. The molecule has 2 saturated heterocycles. The Hall–Kier alpha value is -2.53. The monoisotopic (exact) mass is 406 g/mol. The lowest BCUT2D eigenvalue weighted by molar-refractivity contribution is -0.133. The lowest BCUT2D eigenvalue weighted by atomic mass is 10.0. The van der Waals surface area contributed by atoms with E-state index in [9.17, 15) is 4.79 Å². The van der Waals surface area contributed by atoms with E-state index in [0.29, 0.717) is 0 Å². The van der Waals surface area contributed by atoms with Crippen molar-refractivity contribution in [2.45, 2.75) is 32.2 Å². The Balaban J connectivity index is 1.46. The van der Waals surface area contributed by atoms with Gasteiger partial charge in [-0.2, -0.15) is 0 Å². The van der Waals surface area contributed by atoms with E-state index in [1.165, 1.54) is 12.1 Å². The maximum atomic E-state index is 13.3. The minimum atomic E-state index is -0.344. The van der Waals surface area contributed by atoms with Crippen molar-refractivity contribution in [1.29, 1.82) is 0 Å². The van der Waals surface area contributed by atoms with Crippen LogP contribution < -0.4 is 10.2 Å². The van der Waals surface area contributed by atoms with Crippen molar-refractivity contribution < 1.29 is 4.79 Å². The van der Waals surface area contributed by atoms with Crippen LogP contribution in [-0.2, 0) is 4.79 Å². The first-order valence-electron chi connectivity index (χ1n) is 11.4. The third kappa shape index (κ3) is 4.96. The highest BCUT2D eigenvalue weighted by atomic mass is 16.2. The van der Waals surface area contributed by atoms with Gasteiger partial charge in [0.05, 0.1) is 0 Å². The fraction of sp³-hybridized carbons (Fsp3) is 0.480. The maximum Gasteiger partial charge on any atom is 0.249 e. The van der Waals surface area contributed by atoms with Crippen LogP contribution in [0.1, 0.15) is 37.8 Å². The lowest BCUT2D eigenvalue weighted by Gasteiger charge is -2.35. The Morgan fingerprint density at radius 3 is 2.17 bits per heavy atom. The highest BCUT2D eigenvalue weighted by Crippen LogP contribution is 2.26. The van der Waals surface area contributed by atoms with Crippen molar-refractivity contribution in [3.8, 4) is 0 Å². The maximum absolute atomic E-state index is 13.3. The normalized spacial score (nSPS) is 18.8. The molecule has 160 valence electrons. The summed E-state index contributed by atoms with van der Waals surface area (Å²) >= 11 is 0. The van der Waals surface area contributed by atoms with Crippen molar-refractivity contribution in [3.63, 3.8) is 0 Å². The van der Waals surface area contributed by atoms with Gasteiger partial charge in [-0.05, 0) is 55.6 Å². The van der Waals surface area contributed by atoms with Crippen LogP contribution in [0.2, 0.25) is 0 Å². The van der Waals surface area contributed by atoms with Gasteiger partial charge in [-0.3, -0.25) is 4.79 Å². The number of likely N-dealkylation sites (N-methyl/N-ethyl adjacent to an activating group) is 1. The Morgan fingerprint density at radius 1 is 0.867 bits per heavy atom. The van der Waals surface area contributed by atoms with E-state index in [1.807, 2.05) is 35.2 Å². The summed E-state index contributed by atoms with van der Waals surface area (Å²) in [7, 11) is 0. The molecule has 2 aromatic rings. The molecule has 0 aromatic heterocycles. The summed E-state index contributed by atoms with van der Waals surface area (Å²) in [5.41, 5.74) is 3.27. The van der Waals surface area contributed by atoms with Gasteiger partial charge in [0.1, 0.15) is 6.04 Å². The Bertz CT molecular complexity index is 794. The van der Waals surface area contributed by atoms with Gasteiger partial charge in [0.15, 0.2) is 0 Å². The average Bonchev–Trinajstić information content (AvgIpc) is 2.84. The molecule has 4 rings (SSSR count). The fourth-order valence-electron chi connectivity index (χ4n) is 4.49. The standard InChI is InChI=1S/C25H34N4O/c1-2-27-17-19-28(20-18-27)23-13-11-22(12-14-23)26-24(21-9-5-3-6-10-21)25(30)29-15-7-4-8-16-29/h3,5-6,9-14,24,26H,2,4,7-8,15-20H2,1H3/t24-/m1/s1. The van der Waals surface area contributed by atoms with Gasteiger partial charge >= 0.3 is 0 Å². The minimum Gasteiger partial charge on any atom is -0.370 e. The number of anilines is 2. The van der Waals surface area contributed by atoms with E-state index < -0.39 is 0 Å². The summed E-state index contributed by atoms with van der Waals surface area (Å²) < 4.78 is 0. The van der Waals surface area contributed by atoms with Crippen LogP contribution in [-0.4, -0.2) is 61.5 Å². The summed E-state index contributed by atoms with van der Waals surface area (Å²) in [6.07, 6.45) is 3.43. The molecule has 2 fully saturated rings. The number of hydrogen-bond donors (Lipinski definition) is 1. The third-order valence-corrected chi connectivity index (χ3v) is 6.41. The van der Waals surface area contributed by atoms with Gasteiger partial charge in [0.25, 0.3) is 0 Å². The SMILES string of the molecule is CCN1CCN(c2ccc(N[C@@H](C(=O)N3CCCCC3)c3ccccc3)cc2)CC1. The van der Waals surface area contributed by atoms with Crippen LogP contribution in [0, 0.1) is 0 Å². The Labute approximate surface area is 180 Å². The molecule has 0 saturated carbocycles. The predicted octanol–water partition coefficient (Wildman–Crippen LogP) is 3.99. The molecule has 5 heteroatoms. The van der Waals surface area contributed by atoms with E-state index in [0.717, 1.165) is 69.9 Å². The number of nitrogens with zero attached hydrogens (tertiary/aromatic N) is 3. The van der Waals surface area contributed by atoms with Gasteiger partial charge in [-0.25, -0.2) is 0 Å². The van der Waals surface area contributed by atoms with Gasteiger partial charge in [0, 0.05) is 50.6 Å². The molecule has 2 aliphatic rings. The van der Waals surface area contributed by atoms with Crippen molar-refractivity contribution in [2.75, 3.05) is 56.0 Å².